The van der Waals surface area contributed by atoms with Gasteiger partial charge in [-0.05, 0) is 32.0 Å². The number of carbonyl (C=O) groups is 2. The van der Waals surface area contributed by atoms with Crippen molar-refractivity contribution in [3.8, 4) is 0 Å². The average molecular weight is 266 g/mol. The number of amides is 2. The Labute approximate surface area is 112 Å². The van der Waals surface area contributed by atoms with Gasteiger partial charge in [-0.15, -0.1) is 0 Å². The summed E-state index contributed by atoms with van der Waals surface area (Å²) in [5, 5.41) is 2.67. The van der Waals surface area contributed by atoms with Crippen molar-refractivity contribution in [2.24, 2.45) is 0 Å². The molecule has 0 saturated carbocycles. The fourth-order valence-electron chi connectivity index (χ4n) is 1.80. The molecule has 1 aromatic rings. The number of rotatable bonds is 5. The molecule has 0 saturated heterocycles. The molecule has 0 radical (unpaired) electrons. The van der Waals surface area contributed by atoms with Gasteiger partial charge >= 0.3 is 0 Å². The van der Waals surface area contributed by atoms with Crippen molar-refractivity contribution in [3.63, 3.8) is 0 Å². The fourth-order valence-corrected chi connectivity index (χ4v) is 1.80. The Kier molecular flexibility index (Phi) is 5.48. The van der Waals surface area contributed by atoms with Gasteiger partial charge in [0, 0.05) is 31.6 Å². The molecule has 0 unspecified atom stereocenters. The largest absolute Gasteiger partial charge is 0.350 e. The van der Waals surface area contributed by atoms with E-state index >= 15 is 0 Å². The highest BCUT2D eigenvalue weighted by molar-refractivity contribution is 5.94. The summed E-state index contributed by atoms with van der Waals surface area (Å²) >= 11 is 0. The lowest BCUT2D eigenvalue weighted by Gasteiger charge is -2.25. The minimum absolute atomic E-state index is 0.0324. The number of nitrogens with one attached hydrogen (secondary N) is 1. The Morgan fingerprint density at radius 2 is 2.05 bits per heavy atom. The Balaban J connectivity index is 2.49. The second-order valence-corrected chi connectivity index (χ2v) is 4.57. The molecule has 0 aromatic heterocycles. The SMILES string of the molecule is CC(=O)N(CCNC(=O)c1cccc(F)c1)C(C)C. The van der Waals surface area contributed by atoms with Crippen LogP contribution in [0.5, 0.6) is 0 Å². The van der Waals surface area contributed by atoms with E-state index in [9.17, 15) is 14.0 Å². The summed E-state index contributed by atoms with van der Waals surface area (Å²) in [7, 11) is 0. The maximum absolute atomic E-state index is 13.0. The zero-order valence-electron chi connectivity index (χ0n) is 11.4. The smallest absolute Gasteiger partial charge is 0.251 e. The van der Waals surface area contributed by atoms with Crippen LogP contribution in [0.15, 0.2) is 24.3 Å². The zero-order chi connectivity index (χ0) is 14.4. The predicted octanol–water partition coefficient (Wildman–Crippen LogP) is 1.81. The average Bonchev–Trinajstić information content (AvgIpc) is 2.33. The Morgan fingerprint density at radius 3 is 2.58 bits per heavy atom. The van der Waals surface area contributed by atoms with Crippen molar-refractivity contribution in [1.82, 2.24) is 10.2 Å². The summed E-state index contributed by atoms with van der Waals surface area (Å²) in [5.41, 5.74) is 0.277. The molecule has 2 amide bonds. The number of halogens is 1. The first kappa shape index (κ1) is 15.1. The monoisotopic (exact) mass is 266 g/mol. The van der Waals surface area contributed by atoms with Crippen LogP contribution in [0.2, 0.25) is 0 Å². The van der Waals surface area contributed by atoms with Crippen molar-refractivity contribution in [2.45, 2.75) is 26.8 Å². The number of hydrogen-bond acceptors (Lipinski definition) is 2. The van der Waals surface area contributed by atoms with Gasteiger partial charge in [-0.2, -0.15) is 0 Å². The van der Waals surface area contributed by atoms with Crippen molar-refractivity contribution in [2.75, 3.05) is 13.1 Å². The summed E-state index contributed by atoms with van der Waals surface area (Å²) in [4.78, 5) is 24.7. The van der Waals surface area contributed by atoms with Gasteiger partial charge in [-0.25, -0.2) is 4.39 Å². The van der Waals surface area contributed by atoms with Gasteiger partial charge < -0.3 is 10.2 Å². The van der Waals surface area contributed by atoms with Gasteiger partial charge in [0.2, 0.25) is 5.91 Å². The summed E-state index contributed by atoms with van der Waals surface area (Å²) in [6, 6.07) is 5.58. The Bertz CT molecular complexity index is 461. The van der Waals surface area contributed by atoms with Crippen LogP contribution < -0.4 is 5.32 Å². The van der Waals surface area contributed by atoms with Crippen molar-refractivity contribution >= 4 is 11.8 Å². The third-order valence-electron chi connectivity index (χ3n) is 2.75. The van der Waals surface area contributed by atoms with E-state index in [1.807, 2.05) is 13.8 Å². The molecule has 4 nitrogen and oxygen atoms in total. The lowest BCUT2D eigenvalue weighted by molar-refractivity contribution is -0.130. The first-order chi connectivity index (χ1) is 8.91. The highest BCUT2D eigenvalue weighted by Gasteiger charge is 2.13. The number of nitrogens with zero attached hydrogens (tertiary/aromatic N) is 1. The van der Waals surface area contributed by atoms with Gasteiger partial charge in [0.1, 0.15) is 5.82 Å². The van der Waals surface area contributed by atoms with Gasteiger partial charge in [0.05, 0.1) is 0 Å². The molecule has 0 fully saturated rings. The molecule has 1 rings (SSSR count). The molecule has 0 bridgehead atoms. The van der Waals surface area contributed by atoms with E-state index in [1.54, 1.807) is 11.0 Å². The predicted molar refractivity (Wildman–Crippen MR) is 71.3 cm³/mol. The maximum atomic E-state index is 13.0. The van der Waals surface area contributed by atoms with E-state index in [1.165, 1.54) is 25.1 Å². The maximum Gasteiger partial charge on any atom is 0.251 e. The van der Waals surface area contributed by atoms with Gasteiger partial charge in [0.25, 0.3) is 5.91 Å². The standard InChI is InChI=1S/C14H19FN2O2/c1-10(2)17(11(3)18)8-7-16-14(19)12-5-4-6-13(15)9-12/h4-6,9-10H,7-8H2,1-3H3,(H,16,19). The Morgan fingerprint density at radius 1 is 1.37 bits per heavy atom. The number of benzene rings is 1. The van der Waals surface area contributed by atoms with E-state index in [2.05, 4.69) is 5.32 Å². The lowest BCUT2D eigenvalue weighted by Crippen LogP contribution is -2.41. The minimum atomic E-state index is -0.444. The van der Waals surface area contributed by atoms with Crippen LogP contribution in [0.25, 0.3) is 0 Å². The normalized spacial score (nSPS) is 10.4. The molecule has 0 heterocycles. The molecule has 19 heavy (non-hydrogen) atoms. The molecule has 0 aliphatic rings. The molecule has 104 valence electrons. The van der Waals surface area contributed by atoms with Crippen LogP contribution in [0, 0.1) is 5.82 Å². The topological polar surface area (TPSA) is 49.4 Å². The zero-order valence-corrected chi connectivity index (χ0v) is 11.4. The van der Waals surface area contributed by atoms with Gasteiger partial charge in [-0.1, -0.05) is 6.07 Å². The third-order valence-corrected chi connectivity index (χ3v) is 2.75. The van der Waals surface area contributed by atoms with E-state index in [0.717, 1.165) is 0 Å². The van der Waals surface area contributed by atoms with E-state index < -0.39 is 5.82 Å². The van der Waals surface area contributed by atoms with Crippen molar-refractivity contribution in [3.05, 3.63) is 35.6 Å². The molecule has 0 aliphatic carbocycles. The molecule has 1 N–H and O–H groups in total. The minimum Gasteiger partial charge on any atom is -0.350 e. The molecule has 1 aromatic carbocycles. The van der Waals surface area contributed by atoms with E-state index in [4.69, 9.17) is 0 Å². The first-order valence-electron chi connectivity index (χ1n) is 6.22. The molecular formula is C14H19FN2O2. The van der Waals surface area contributed by atoms with Crippen LogP contribution in [-0.4, -0.2) is 35.8 Å². The van der Waals surface area contributed by atoms with Crippen molar-refractivity contribution < 1.29 is 14.0 Å². The van der Waals surface area contributed by atoms with Crippen LogP contribution in [-0.2, 0) is 4.79 Å². The van der Waals surface area contributed by atoms with Crippen LogP contribution in [0.3, 0.4) is 0 Å². The quantitative estimate of drug-likeness (QED) is 0.883. The third kappa shape index (κ3) is 4.69. The first-order valence-corrected chi connectivity index (χ1v) is 6.22. The molecule has 0 atom stereocenters. The highest BCUT2D eigenvalue weighted by Crippen LogP contribution is 2.03. The summed E-state index contributed by atoms with van der Waals surface area (Å²) < 4.78 is 13.0. The summed E-state index contributed by atoms with van der Waals surface area (Å²) in [6.45, 7) is 6.10. The van der Waals surface area contributed by atoms with Crippen LogP contribution in [0.4, 0.5) is 4.39 Å². The second-order valence-electron chi connectivity index (χ2n) is 4.57. The second kappa shape index (κ2) is 6.87. The van der Waals surface area contributed by atoms with E-state index in [0.29, 0.717) is 13.1 Å². The number of carbonyl (C=O) groups excluding carboxylic acids is 2. The summed E-state index contributed by atoms with van der Waals surface area (Å²) in [6.07, 6.45) is 0. The van der Waals surface area contributed by atoms with Gasteiger partial charge in [0.15, 0.2) is 0 Å². The molecule has 5 heteroatoms. The molecular weight excluding hydrogens is 247 g/mol. The summed E-state index contributed by atoms with van der Waals surface area (Å²) in [5.74, 6) is -0.818. The van der Waals surface area contributed by atoms with Crippen LogP contribution in [0.1, 0.15) is 31.1 Å². The van der Waals surface area contributed by atoms with Gasteiger partial charge in [-0.3, -0.25) is 9.59 Å². The molecule has 0 aliphatic heterocycles. The highest BCUT2D eigenvalue weighted by atomic mass is 19.1. The Hall–Kier alpha value is -1.91. The fraction of sp³-hybridized carbons (Fsp3) is 0.429. The van der Waals surface area contributed by atoms with E-state index in [-0.39, 0.29) is 23.4 Å². The lowest BCUT2D eigenvalue weighted by atomic mass is 10.2. The molecule has 0 spiro atoms. The van der Waals surface area contributed by atoms with Crippen LogP contribution >= 0.6 is 0 Å². The number of hydrogen-bond donors (Lipinski definition) is 1. The van der Waals surface area contributed by atoms with Crippen molar-refractivity contribution in [1.29, 1.82) is 0 Å².